The normalized spacial score (nSPS) is 14.7. The first kappa shape index (κ1) is 25.9. The average molecular weight is 507 g/mol. The van der Waals surface area contributed by atoms with Crippen LogP contribution in [-0.2, 0) is 29.0 Å². The fourth-order valence-corrected chi connectivity index (χ4v) is 4.91. The molecule has 3 aromatic rings. The highest BCUT2D eigenvalue weighted by molar-refractivity contribution is 6.30. The van der Waals surface area contributed by atoms with Gasteiger partial charge in [0.1, 0.15) is 11.9 Å². The third-order valence-electron chi connectivity index (χ3n) is 6.79. The van der Waals surface area contributed by atoms with Crippen molar-refractivity contribution in [3.05, 3.63) is 106 Å². The van der Waals surface area contributed by atoms with Crippen LogP contribution in [0.1, 0.15) is 48.8 Å². The van der Waals surface area contributed by atoms with Crippen molar-refractivity contribution >= 4 is 23.4 Å². The average Bonchev–Trinajstić information content (AvgIpc) is 2.89. The minimum Gasteiger partial charge on any atom is -0.352 e. The molecule has 0 spiro atoms. The molecule has 0 radical (unpaired) electrons. The Morgan fingerprint density at radius 1 is 0.889 bits per heavy atom. The summed E-state index contributed by atoms with van der Waals surface area (Å²) >= 11 is 6.02. The zero-order valence-corrected chi connectivity index (χ0v) is 21.1. The summed E-state index contributed by atoms with van der Waals surface area (Å²) in [5.41, 5.74) is 2.11. The van der Waals surface area contributed by atoms with Gasteiger partial charge in [-0.25, -0.2) is 4.39 Å². The predicted octanol–water partition coefficient (Wildman–Crippen LogP) is 6.11. The SMILES string of the molecule is O=C(NC1CCCCC1)[C@@H](Cc1ccccc1)N(Cc1ccccc1F)C(=O)Cc1ccc(Cl)cc1. The standard InChI is InChI=1S/C30H32ClFN2O2/c31-25-17-15-23(16-18-25)20-29(35)34(21-24-11-7-8-14-27(24)32)28(19-22-9-3-1-4-10-22)30(36)33-26-12-5-2-6-13-26/h1,3-4,7-11,14-18,26,28H,2,5-6,12-13,19-21H2,(H,33,36)/t28-/m1/s1. The monoisotopic (exact) mass is 506 g/mol. The number of benzene rings is 3. The van der Waals surface area contributed by atoms with E-state index < -0.39 is 11.9 Å². The fraction of sp³-hybridized carbons (Fsp3) is 0.333. The van der Waals surface area contributed by atoms with E-state index in [1.807, 2.05) is 30.3 Å². The van der Waals surface area contributed by atoms with E-state index in [1.54, 1.807) is 42.5 Å². The van der Waals surface area contributed by atoms with Crippen LogP contribution in [0.3, 0.4) is 0 Å². The Hall–Kier alpha value is -3.18. The van der Waals surface area contributed by atoms with Crippen molar-refractivity contribution in [1.29, 1.82) is 0 Å². The first-order chi connectivity index (χ1) is 17.5. The van der Waals surface area contributed by atoms with Crippen molar-refractivity contribution in [2.45, 2.75) is 63.6 Å². The first-order valence-electron chi connectivity index (χ1n) is 12.6. The van der Waals surface area contributed by atoms with Crippen LogP contribution < -0.4 is 5.32 Å². The van der Waals surface area contributed by atoms with Crippen LogP contribution in [0.4, 0.5) is 4.39 Å². The largest absolute Gasteiger partial charge is 0.352 e. The minimum absolute atomic E-state index is 0.00861. The van der Waals surface area contributed by atoms with Crippen molar-refractivity contribution in [3.63, 3.8) is 0 Å². The molecule has 3 aromatic carbocycles. The molecule has 4 rings (SSSR count). The van der Waals surface area contributed by atoms with E-state index in [0.29, 0.717) is 17.0 Å². The molecule has 0 bridgehead atoms. The number of rotatable bonds is 9. The Balaban J connectivity index is 1.65. The molecule has 1 aliphatic carbocycles. The van der Waals surface area contributed by atoms with Crippen LogP contribution in [0.2, 0.25) is 5.02 Å². The summed E-state index contributed by atoms with van der Waals surface area (Å²) in [6.07, 6.45) is 5.67. The highest BCUT2D eigenvalue weighted by Gasteiger charge is 2.32. The van der Waals surface area contributed by atoms with Crippen molar-refractivity contribution in [3.8, 4) is 0 Å². The van der Waals surface area contributed by atoms with Gasteiger partial charge in [0.15, 0.2) is 0 Å². The van der Waals surface area contributed by atoms with E-state index in [1.165, 1.54) is 17.4 Å². The number of carbonyl (C=O) groups is 2. The number of amides is 2. The van der Waals surface area contributed by atoms with Gasteiger partial charge in [0.05, 0.1) is 6.42 Å². The second-order valence-electron chi connectivity index (χ2n) is 9.47. The molecule has 0 aliphatic heterocycles. The Kier molecular flexibility index (Phi) is 9.12. The zero-order chi connectivity index (χ0) is 25.3. The van der Waals surface area contributed by atoms with Gasteiger partial charge in [-0.15, -0.1) is 0 Å². The molecule has 0 heterocycles. The molecule has 1 atom stereocenters. The minimum atomic E-state index is -0.770. The molecule has 0 saturated heterocycles. The molecule has 188 valence electrons. The Morgan fingerprint density at radius 2 is 1.56 bits per heavy atom. The Labute approximate surface area is 217 Å². The summed E-state index contributed by atoms with van der Waals surface area (Å²) in [7, 11) is 0. The van der Waals surface area contributed by atoms with Gasteiger partial charge >= 0.3 is 0 Å². The summed E-state index contributed by atoms with van der Waals surface area (Å²) in [5, 5.41) is 3.79. The summed E-state index contributed by atoms with van der Waals surface area (Å²) in [6, 6.07) is 22.5. The molecule has 1 saturated carbocycles. The molecule has 0 unspecified atom stereocenters. The van der Waals surface area contributed by atoms with E-state index in [4.69, 9.17) is 11.6 Å². The van der Waals surface area contributed by atoms with Crippen molar-refractivity contribution in [2.75, 3.05) is 0 Å². The second kappa shape index (κ2) is 12.7. The molecule has 0 aromatic heterocycles. The lowest BCUT2D eigenvalue weighted by atomic mass is 9.94. The van der Waals surface area contributed by atoms with Crippen LogP contribution in [0.25, 0.3) is 0 Å². The summed E-state index contributed by atoms with van der Waals surface area (Å²) in [4.78, 5) is 29.0. The number of hydrogen-bond donors (Lipinski definition) is 1. The van der Waals surface area contributed by atoms with E-state index in [9.17, 15) is 14.0 Å². The summed E-state index contributed by atoms with van der Waals surface area (Å²) < 4.78 is 14.7. The highest BCUT2D eigenvalue weighted by Crippen LogP contribution is 2.21. The second-order valence-corrected chi connectivity index (χ2v) is 9.90. The zero-order valence-electron chi connectivity index (χ0n) is 20.3. The van der Waals surface area contributed by atoms with Gasteiger partial charge in [-0.1, -0.05) is 91.5 Å². The van der Waals surface area contributed by atoms with E-state index in [-0.39, 0.29) is 30.8 Å². The molecular weight excluding hydrogens is 475 g/mol. The highest BCUT2D eigenvalue weighted by atomic mass is 35.5. The maximum absolute atomic E-state index is 14.7. The third-order valence-corrected chi connectivity index (χ3v) is 7.04. The van der Waals surface area contributed by atoms with Crippen LogP contribution in [0.15, 0.2) is 78.9 Å². The topological polar surface area (TPSA) is 49.4 Å². The summed E-state index contributed by atoms with van der Waals surface area (Å²) in [5.74, 6) is -0.820. The molecule has 6 heteroatoms. The van der Waals surface area contributed by atoms with Crippen molar-refractivity contribution < 1.29 is 14.0 Å². The molecule has 1 fully saturated rings. The lowest BCUT2D eigenvalue weighted by Crippen LogP contribution is -2.53. The Morgan fingerprint density at radius 3 is 2.25 bits per heavy atom. The Bertz CT molecular complexity index is 1150. The van der Waals surface area contributed by atoms with Gasteiger partial charge < -0.3 is 10.2 Å². The van der Waals surface area contributed by atoms with E-state index in [2.05, 4.69) is 5.32 Å². The van der Waals surface area contributed by atoms with Gasteiger partial charge in [-0.3, -0.25) is 9.59 Å². The number of nitrogens with one attached hydrogen (secondary N) is 1. The number of hydrogen-bond acceptors (Lipinski definition) is 2. The van der Waals surface area contributed by atoms with Crippen LogP contribution in [0.5, 0.6) is 0 Å². The molecule has 1 N–H and O–H groups in total. The van der Waals surface area contributed by atoms with Gasteiger partial charge in [0, 0.05) is 29.6 Å². The van der Waals surface area contributed by atoms with Crippen LogP contribution in [0, 0.1) is 5.82 Å². The molecule has 36 heavy (non-hydrogen) atoms. The molecule has 1 aliphatic rings. The maximum atomic E-state index is 14.7. The number of halogens is 2. The van der Waals surface area contributed by atoms with E-state index in [0.717, 1.165) is 36.8 Å². The molecule has 2 amide bonds. The van der Waals surface area contributed by atoms with Crippen LogP contribution >= 0.6 is 11.6 Å². The maximum Gasteiger partial charge on any atom is 0.243 e. The van der Waals surface area contributed by atoms with Gasteiger partial charge in [0.25, 0.3) is 0 Å². The number of carbonyl (C=O) groups excluding carboxylic acids is 2. The van der Waals surface area contributed by atoms with Gasteiger partial charge in [-0.2, -0.15) is 0 Å². The van der Waals surface area contributed by atoms with Crippen LogP contribution in [-0.4, -0.2) is 28.8 Å². The third kappa shape index (κ3) is 7.17. The fourth-order valence-electron chi connectivity index (χ4n) is 4.79. The lowest BCUT2D eigenvalue weighted by molar-refractivity contribution is -0.141. The predicted molar refractivity (Wildman–Crippen MR) is 141 cm³/mol. The van der Waals surface area contributed by atoms with Gasteiger partial charge in [0.2, 0.25) is 11.8 Å². The smallest absolute Gasteiger partial charge is 0.243 e. The van der Waals surface area contributed by atoms with Crippen molar-refractivity contribution in [2.24, 2.45) is 0 Å². The van der Waals surface area contributed by atoms with Gasteiger partial charge in [-0.05, 0) is 42.2 Å². The lowest BCUT2D eigenvalue weighted by Gasteiger charge is -2.33. The summed E-state index contributed by atoms with van der Waals surface area (Å²) in [6.45, 7) is 0.00861. The molecule has 4 nitrogen and oxygen atoms in total. The molecular formula is C30H32ClFN2O2. The quantitative estimate of drug-likeness (QED) is 0.380. The van der Waals surface area contributed by atoms with Crippen molar-refractivity contribution in [1.82, 2.24) is 10.2 Å². The first-order valence-corrected chi connectivity index (χ1v) is 13.0. The van der Waals surface area contributed by atoms with E-state index >= 15 is 0 Å². The number of nitrogens with zero attached hydrogens (tertiary/aromatic N) is 1.